The summed E-state index contributed by atoms with van der Waals surface area (Å²) in [6, 6.07) is 12.3. The molecule has 0 aliphatic carbocycles. The first-order valence-corrected chi connectivity index (χ1v) is 7.33. The molecule has 120 valence electrons. The molecule has 0 aliphatic heterocycles. The van der Waals surface area contributed by atoms with Crippen LogP contribution in [0, 0.1) is 10.1 Å². The normalized spacial score (nSPS) is 11.3. The molecule has 8 nitrogen and oxygen atoms in total. The van der Waals surface area contributed by atoms with Gasteiger partial charge in [-0.05, 0) is 18.2 Å². The summed E-state index contributed by atoms with van der Waals surface area (Å²) < 4.78 is 5.62. The number of nitro benzene ring substituents is 1. The summed E-state index contributed by atoms with van der Waals surface area (Å²) in [4.78, 5) is 25.4. The van der Waals surface area contributed by atoms with Crippen molar-refractivity contribution in [3.05, 3.63) is 64.2 Å². The number of rotatable bonds is 5. The molecular weight excluding hydrogens is 310 g/mol. The first-order chi connectivity index (χ1) is 11.7. The number of aromatic nitrogens is 4. The highest BCUT2D eigenvalue weighted by Gasteiger charge is 2.10. The Morgan fingerprint density at radius 3 is 2.33 bits per heavy atom. The second kappa shape index (κ2) is 5.74. The van der Waals surface area contributed by atoms with E-state index in [0.29, 0.717) is 23.5 Å². The fourth-order valence-corrected chi connectivity index (χ4v) is 2.55. The van der Waals surface area contributed by atoms with Crippen LogP contribution < -0.4 is 0 Å². The van der Waals surface area contributed by atoms with E-state index in [4.69, 9.17) is 4.74 Å². The number of nitrogens with one attached hydrogen (secondary N) is 2. The molecule has 2 aromatic heterocycles. The topological polar surface area (TPSA) is 110 Å². The average Bonchev–Trinajstić information content (AvgIpc) is 3.16. The van der Waals surface area contributed by atoms with Crippen molar-refractivity contribution in [2.45, 2.75) is 13.2 Å². The number of nitro groups is 1. The van der Waals surface area contributed by atoms with Gasteiger partial charge in [0.25, 0.3) is 5.69 Å². The van der Waals surface area contributed by atoms with Gasteiger partial charge < -0.3 is 14.7 Å². The van der Waals surface area contributed by atoms with Crippen molar-refractivity contribution < 1.29 is 9.66 Å². The highest BCUT2D eigenvalue weighted by Crippen LogP contribution is 2.19. The first-order valence-electron chi connectivity index (χ1n) is 7.33. The molecule has 2 aromatic carbocycles. The lowest BCUT2D eigenvalue weighted by molar-refractivity contribution is -0.384. The summed E-state index contributed by atoms with van der Waals surface area (Å²) in [5.41, 5.74) is 3.18. The van der Waals surface area contributed by atoms with Crippen LogP contribution in [-0.4, -0.2) is 24.9 Å². The van der Waals surface area contributed by atoms with Crippen LogP contribution in [-0.2, 0) is 18.0 Å². The number of fused-ring (bicyclic) bond motifs is 2. The molecular formula is C16H13N5O3. The Morgan fingerprint density at radius 2 is 1.62 bits per heavy atom. The fraction of sp³-hybridized carbons (Fsp3) is 0.125. The Balaban J connectivity index is 1.45. The van der Waals surface area contributed by atoms with Crippen LogP contribution in [0.2, 0.25) is 0 Å². The van der Waals surface area contributed by atoms with Crippen molar-refractivity contribution in [2.75, 3.05) is 0 Å². The smallest absolute Gasteiger partial charge is 0.271 e. The van der Waals surface area contributed by atoms with E-state index in [1.807, 2.05) is 24.3 Å². The zero-order valence-electron chi connectivity index (χ0n) is 12.5. The number of non-ortho nitro benzene ring substituents is 1. The molecule has 8 heteroatoms. The molecule has 2 N–H and O–H groups in total. The van der Waals surface area contributed by atoms with Crippen molar-refractivity contribution in [3.63, 3.8) is 0 Å². The van der Waals surface area contributed by atoms with Crippen LogP contribution in [0.5, 0.6) is 0 Å². The first kappa shape index (κ1) is 14.3. The second-order valence-corrected chi connectivity index (χ2v) is 5.34. The van der Waals surface area contributed by atoms with E-state index in [1.54, 1.807) is 6.07 Å². The quantitative estimate of drug-likeness (QED) is 0.433. The molecule has 0 fully saturated rings. The second-order valence-electron chi connectivity index (χ2n) is 5.34. The minimum atomic E-state index is -0.433. The molecule has 4 rings (SSSR count). The summed E-state index contributed by atoms with van der Waals surface area (Å²) in [6.45, 7) is 0.589. The standard InChI is InChI=1S/C16H13N5O3/c22-21(23)10-5-6-13-14(7-10)20-16(19-13)9-24-8-15-17-11-3-1-2-4-12(11)18-15/h1-7H,8-9H2,(H,17,18)(H,19,20). The summed E-state index contributed by atoms with van der Waals surface area (Å²) >= 11 is 0. The van der Waals surface area contributed by atoms with E-state index in [-0.39, 0.29) is 12.3 Å². The number of H-pyrrole nitrogens is 2. The molecule has 4 aromatic rings. The molecule has 0 unspecified atom stereocenters. The van der Waals surface area contributed by atoms with E-state index < -0.39 is 4.92 Å². The van der Waals surface area contributed by atoms with Gasteiger partial charge in [-0.2, -0.15) is 0 Å². The van der Waals surface area contributed by atoms with Crippen molar-refractivity contribution in [1.82, 2.24) is 19.9 Å². The molecule has 0 aliphatic rings. The van der Waals surface area contributed by atoms with Gasteiger partial charge in [-0.15, -0.1) is 0 Å². The minimum absolute atomic E-state index is 0.0286. The number of imidazole rings is 2. The highest BCUT2D eigenvalue weighted by atomic mass is 16.6. The maximum atomic E-state index is 10.8. The predicted octanol–water partition coefficient (Wildman–Crippen LogP) is 3.06. The third-order valence-electron chi connectivity index (χ3n) is 3.64. The van der Waals surface area contributed by atoms with Gasteiger partial charge in [0.15, 0.2) is 0 Å². The highest BCUT2D eigenvalue weighted by molar-refractivity contribution is 5.77. The maximum absolute atomic E-state index is 10.8. The van der Waals surface area contributed by atoms with E-state index in [0.717, 1.165) is 16.9 Å². The molecule has 0 saturated heterocycles. The lowest BCUT2D eigenvalue weighted by Crippen LogP contribution is -1.97. The Morgan fingerprint density at radius 1 is 0.958 bits per heavy atom. The van der Waals surface area contributed by atoms with Crippen molar-refractivity contribution in [2.24, 2.45) is 0 Å². The molecule has 0 spiro atoms. The monoisotopic (exact) mass is 323 g/mol. The summed E-state index contributed by atoms with van der Waals surface area (Å²) in [7, 11) is 0. The Hall–Kier alpha value is -3.26. The largest absolute Gasteiger partial charge is 0.366 e. The third-order valence-corrected chi connectivity index (χ3v) is 3.64. The Labute approximate surface area is 135 Å². The molecule has 0 radical (unpaired) electrons. The summed E-state index contributed by atoms with van der Waals surface area (Å²) in [5.74, 6) is 1.35. The van der Waals surface area contributed by atoms with Gasteiger partial charge in [0.2, 0.25) is 0 Å². The summed E-state index contributed by atoms with van der Waals surface area (Å²) in [5, 5.41) is 10.8. The van der Waals surface area contributed by atoms with E-state index in [2.05, 4.69) is 19.9 Å². The van der Waals surface area contributed by atoms with E-state index >= 15 is 0 Å². The van der Waals surface area contributed by atoms with Crippen molar-refractivity contribution >= 4 is 27.8 Å². The minimum Gasteiger partial charge on any atom is -0.366 e. The van der Waals surface area contributed by atoms with E-state index in [1.165, 1.54) is 12.1 Å². The zero-order chi connectivity index (χ0) is 16.5. The van der Waals surface area contributed by atoms with Gasteiger partial charge in [-0.3, -0.25) is 10.1 Å². The van der Waals surface area contributed by atoms with Crippen LogP contribution in [0.3, 0.4) is 0 Å². The number of aromatic amines is 2. The number of benzene rings is 2. The predicted molar refractivity (Wildman–Crippen MR) is 87.3 cm³/mol. The SMILES string of the molecule is O=[N+]([O-])c1ccc2nc(COCc3nc4ccccc4[nH]3)[nH]c2c1. The molecule has 0 amide bonds. The molecule has 24 heavy (non-hydrogen) atoms. The molecule has 2 heterocycles. The number of nitrogens with zero attached hydrogens (tertiary/aromatic N) is 3. The Kier molecular flexibility index (Phi) is 3.43. The van der Waals surface area contributed by atoms with Crippen LogP contribution in [0.15, 0.2) is 42.5 Å². The number of ether oxygens (including phenoxy) is 1. The van der Waals surface area contributed by atoms with Gasteiger partial charge in [0.1, 0.15) is 24.9 Å². The Bertz CT molecular complexity index is 1000. The van der Waals surface area contributed by atoms with Crippen molar-refractivity contribution in [1.29, 1.82) is 0 Å². The molecule has 0 saturated carbocycles. The number of para-hydroxylation sites is 2. The molecule has 0 atom stereocenters. The van der Waals surface area contributed by atoms with Crippen LogP contribution in [0.1, 0.15) is 11.6 Å². The van der Waals surface area contributed by atoms with Crippen LogP contribution >= 0.6 is 0 Å². The third kappa shape index (κ3) is 2.70. The van der Waals surface area contributed by atoms with Gasteiger partial charge >= 0.3 is 0 Å². The van der Waals surface area contributed by atoms with Gasteiger partial charge in [-0.25, -0.2) is 9.97 Å². The lowest BCUT2D eigenvalue weighted by atomic mass is 10.3. The fourth-order valence-electron chi connectivity index (χ4n) is 2.55. The van der Waals surface area contributed by atoms with Gasteiger partial charge in [-0.1, -0.05) is 12.1 Å². The number of hydrogen-bond donors (Lipinski definition) is 2. The molecule has 0 bridgehead atoms. The number of hydrogen-bond acceptors (Lipinski definition) is 5. The van der Waals surface area contributed by atoms with Gasteiger partial charge in [0, 0.05) is 12.1 Å². The maximum Gasteiger partial charge on any atom is 0.271 e. The average molecular weight is 323 g/mol. The zero-order valence-corrected chi connectivity index (χ0v) is 12.5. The summed E-state index contributed by atoms with van der Waals surface area (Å²) in [6.07, 6.45) is 0. The van der Waals surface area contributed by atoms with Crippen LogP contribution in [0.25, 0.3) is 22.1 Å². The van der Waals surface area contributed by atoms with Crippen LogP contribution in [0.4, 0.5) is 5.69 Å². The lowest BCUT2D eigenvalue weighted by Gasteiger charge is -1.98. The van der Waals surface area contributed by atoms with E-state index in [9.17, 15) is 10.1 Å². The van der Waals surface area contributed by atoms with Crippen molar-refractivity contribution in [3.8, 4) is 0 Å². The van der Waals surface area contributed by atoms with Gasteiger partial charge in [0.05, 0.1) is 27.0 Å².